The SMILES string of the molecule is CC(C)CC(N)C(=O)N(C)C(C)c1ccc(Cl)cc1Cl. The normalized spacial score (nSPS) is 14.2. The first-order valence-corrected chi connectivity index (χ1v) is 7.46. The summed E-state index contributed by atoms with van der Waals surface area (Å²) in [4.78, 5) is 13.9. The highest BCUT2D eigenvalue weighted by Crippen LogP contribution is 2.29. The van der Waals surface area contributed by atoms with Crippen molar-refractivity contribution >= 4 is 29.1 Å². The number of carbonyl (C=O) groups excluding carboxylic acids is 1. The second-order valence-corrected chi connectivity index (χ2v) is 6.37. The standard InChI is InChI=1S/C15H22Cl2N2O/c1-9(2)7-14(18)15(20)19(4)10(3)12-6-5-11(16)8-13(12)17/h5-6,8-10,14H,7,18H2,1-4H3. The van der Waals surface area contributed by atoms with Crippen LogP contribution in [0.3, 0.4) is 0 Å². The van der Waals surface area contributed by atoms with Gasteiger partial charge in [0.25, 0.3) is 0 Å². The second kappa shape index (κ2) is 7.30. The molecule has 0 aliphatic heterocycles. The molecule has 20 heavy (non-hydrogen) atoms. The van der Waals surface area contributed by atoms with Crippen LogP contribution in [0, 0.1) is 5.92 Å². The molecule has 0 saturated heterocycles. The van der Waals surface area contributed by atoms with Gasteiger partial charge in [-0.1, -0.05) is 43.1 Å². The molecule has 0 fully saturated rings. The number of amides is 1. The molecule has 0 saturated carbocycles. The van der Waals surface area contributed by atoms with Crippen molar-refractivity contribution < 1.29 is 4.79 Å². The fraction of sp³-hybridized carbons (Fsp3) is 0.533. The molecule has 2 atom stereocenters. The Balaban J connectivity index is 2.85. The van der Waals surface area contributed by atoms with E-state index in [1.807, 2.05) is 26.8 Å². The van der Waals surface area contributed by atoms with Crippen LogP contribution in [-0.2, 0) is 4.79 Å². The summed E-state index contributed by atoms with van der Waals surface area (Å²) >= 11 is 12.1. The summed E-state index contributed by atoms with van der Waals surface area (Å²) in [6.45, 7) is 6.02. The molecule has 0 aromatic heterocycles. The third-order valence-corrected chi connectivity index (χ3v) is 3.95. The number of hydrogen-bond donors (Lipinski definition) is 1. The van der Waals surface area contributed by atoms with Crippen LogP contribution in [0.15, 0.2) is 18.2 Å². The zero-order valence-corrected chi connectivity index (χ0v) is 13.9. The van der Waals surface area contributed by atoms with Crippen molar-refractivity contribution in [2.45, 2.75) is 39.3 Å². The first kappa shape index (κ1) is 17.3. The van der Waals surface area contributed by atoms with Gasteiger partial charge in [0.2, 0.25) is 5.91 Å². The monoisotopic (exact) mass is 316 g/mol. The Morgan fingerprint density at radius 1 is 1.30 bits per heavy atom. The van der Waals surface area contributed by atoms with Crippen molar-refractivity contribution in [1.82, 2.24) is 4.90 Å². The third-order valence-electron chi connectivity index (χ3n) is 3.38. The maximum Gasteiger partial charge on any atom is 0.239 e. The van der Waals surface area contributed by atoms with Crippen molar-refractivity contribution in [3.8, 4) is 0 Å². The Hall–Kier alpha value is -0.770. The molecule has 112 valence electrons. The molecule has 0 heterocycles. The van der Waals surface area contributed by atoms with Gasteiger partial charge < -0.3 is 10.6 Å². The first-order chi connectivity index (χ1) is 9.23. The molecular formula is C15H22Cl2N2O. The topological polar surface area (TPSA) is 46.3 Å². The molecule has 2 unspecified atom stereocenters. The van der Waals surface area contributed by atoms with Gasteiger partial charge >= 0.3 is 0 Å². The van der Waals surface area contributed by atoms with Crippen molar-refractivity contribution in [3.05, 3.63) is 33.8 Å². The molecule has 1 amide bonds. The van der Waals surface area contributed by atoms with E-state index in [4.69, 9.17) is 28.9 Å². The summed E-state index contributed by atoms with van der Waals surface area (Å²) < 4.78 is 0. The Morgan fingerprint density at radius 2 is 1.90 bits per heavy atom. The minimum Gasteiger partial charge on any atom is -0.338 e. The molecule has 0 bridgehead atoms. The minimum absolute atomic E-state index is 0.0720. The lowest BCUT2D eigenvalue weighted by Gasteiger charge is -2.29. The quantitative estimate of drug-likeness (QED) is 0.895. The van der Waals surface area contributed by atoms with Gasteiger partial charge in [0.15, 0.2) is 0 Å². The number of likely N-dealkylation sites (N-methyl/N-ethyl adjacent to an activating group) is 1. The average Bonchev–Trinajstić information content (AvgIpc) is 2.35. The molecule has 0 spiro atoms. The van der Waals surface area contributed by atoms with E-state index < -0.39 is 6.04 Å². The average molecular weight is 317 g/mol. The van der Waals surface area contributed by atoms with Crippen LogP contribution in [0.25, 0.3) is 0 Å². The smallest absolute Gasteiger partial charge is 0.239 e. The second-order valence-electron chi connectivity index (χ2n) is 5.53. The van der Waals surface area contributed by atoms with Gasteiger partial charge in [-0.15, -0.1) is 0 Å². The Bertz CT molecular complexity index is 477. The predicted molar refractivity (Wildman–Crippen MR) is 85.1 cm³/mol. The molecule has 3 nitrogen and oxygen atoms in total. The van der Waals surface area contributed by atoms with Crippen molar-refractivity contribution in [3.63, 3.8) is 0 Å². The van der Waals surface area contributed by atoms with E-state index in [-0.39, 0.29) is 11.9 Å². The van der Waals surface area contributed by atoms with Gasteiger partial charge in [-0.05, 0) is 37.0 Å². The lowest BCUT2D eigenvalue weighted by Crippen LogP contribution is -2.43. The van der Waals surface area contributed by atoms with Crippen LogP contribution in [-0.4, -0.2) is 23.9 Å². The van der Waals surface area contributed by atoms with E-state index in [9.17, 15) is 4.79 Å². The van der Waals surface area contributed by atoms with Crippen LogP contribution in [0.1, 0.15) is 38.8 Å². The fourth-order valence-electron chi connectivity index (χ4n) is 2.11. The Labute approximate surface area is 131 Å². The van der Waals surface area contributed by atoms with Gasteiger partial charge in [-0.2, -0.15) is 0 Å². The minimum atomic E-state index is -0.478. The highest BCUT2D eigenvalue weighted by molar-refractivity contribution is 6.35. The van der Waals surface area contributed by atoms with E-state index in [0.29, 0.717) is 22.4 Å². The van der Waals surface area contributed by atoms with E-state index in [0.717, 1.165) is 5.56 Å². The van der Waals surface area contributed by atoms with Crippen molar-refractivity contribution in [1.29, 1.82) is 0 Å². The summed E-state index contributed by atoms with van der Waals surface area (Å²) in [5.41, 5.74) is 6.82. The van der Waals surface area contributed by atoms with Crippen molar-refractivity contribution in [2.75, 3.05) is 7.05 Å². The van der Waals surface area contributed by atoms with Gasteiger partial charge in [0, 0.05) is 17.1 Å². The van der Waals surface area contributed by atoms with Crippen LogP contribution in [0.2, 0.25) is 10.0 Å². The maximum absolute atomic E-state index is 12.3. The molecular weight excluding hydrogens is 295 g/mol. The zero-order valence-electron chi connectivity index (χ0n) is 12.4. The highest BCUT2D eigenvalue weighted by atomic mass is 35.5. The van der Waals surface area contributed by atoms with E-state index in [1.165, 1.54) is 0 Å². The fourth-order valence-corrected chi connectivity index (χ4v) is 2.68. The Morgan fingerprint density at radius 3 is 2.40 bits per heavy atom. The van der Waals surface area contributed by atoms with E-state index in [2.05, 4.69) is 0 Å². The number of nitrogens with zero attached hydrogens (tertiary/aromatic N) is 1. The summed E-state index contributed by atoms with van der Waals surface area (Å²) in [7, 11) is 1.75. The molecule has 5 heteroatoms. The molecule has 1 rings (SSSR count). The van der Waals surface area contributed by atoms with Crippen LogP contribution < -0.4 is 5.73 Å². The molecule has 0 aliphatic rings. The van der Waals surface area contributed by atoms with Crippen LogP contribution in [0.5, 0.6) is 0 Å². The number of halogens is 2. The number of rotatable bonds is 5. The van der Waals surface area contributed by atoms with Gasteiger partial charge in [0.05, 0.1) is 12.1 Å². The highest BCUT2D eigenvalue weighted by Gasteiger charge is 2.24. The zero-order chi connectivity index (χ0) is 15.4. The molecule has 2 N–H and O–H groups in total. The Kier molecular flexibility index (Phi) is 6.31. The van der Waals surface area contributed by atoms with E-state index in [1.54, 1.807) is 24.1 Å². The predicted octanol–water partition coefficient (Wildman–Crippen LogP) is 3.89. The van der Waals surface area contributed by atoms with Gasteiger partial charge in [-0.25, -0.2) is 0 Å². The van der Waals surface area contributed by atoms with E-state index >= 15 is 0 Å². The lowest BCUT2D eigenvalue weighted by molar-refractivity contribution is -0.133. The molecule has 1 aromatic carbocycles. The van der Waals surface area contributed by atoms with Crippen molar-refractivity contribution in [2.24, 2.45) is 11.7 Å². The number of hydrogen-bond acceptors (Lipinski definition) is 2. The maximum atomic E-state index is 12.3. The summed E-state index contributed by atoms with van der Waals surface area (Å²) in [5.74, 6) is 0.314. The summed E-state index contributed by atoms with van der Waals surface area (Å²) in [6, 6.07) is 4.67. The molecule has 0 aliphatic carbocycles. The van der Waals surface area contributed by atoms with Gasteiger partial charge in [0.1, 0.15) is 0 Å². The third kappa shape index (κ3) is 4.37. The molecule has 0 radical (unpaired) electrons. The number of nitrogens with two attached hydrogens (primary N) is 1. The van der Waals surface area contributed by atoms with Crippen LogP contribution in [0.4, 0.5) is 0 Å². The van der Waals surface area contributed by atoms with Gasteiger partial charge in [-0.3, -0.25) is 4.79 Å². The molecule has 1 aromatic rings. The summed E-state index contributed by atoms with van der Waals surface area (Å²) in [5, 5.41) is 1.14. The van der Waals surface area contributed by atoms with Crippen LogP contribution >= 0.6 is 23.2 Å². The number of benzene rings is 1. The number of carbonyl (C=O) groups is 1. The summed E-state index contributed by atoms with van der Waals surface area (Å²) in [6.07, 6.45) is 0.671. The first-order valence-electron chi connectivity index (χ1n) is 6.71. The lowest BCUT2D eigenvalue weighted by atomic mass is 10.0. The largest absolute Gasteiger partial charge is 0.338 e.